The Bertz CT molecular complexity index is 759. The number of esters is 1. The lowest BCUT2D eigenvalue weighted by Gasteiger charge is -2.37. The first-order chi connectivity index (χ1) is 14.4. The summed E-state index contributed by atoms with van der Waals surface area (Å²) in [6.07, 6.45) is 5.98. The smallest absolute Gasteiger partial charge is 0.333 e. The maximum atomic E-state index is 12.2. The summed E-state index contributed by atoms with van der Waals surface area (Å²) in [5, 5.41) is 0. The van der Waals surface area contributed by atoms with Crippen LogP contribution in [0.2, 0.25) is 0 Å². The summed E-state index contributed by atoms with van der Waals surface area (Å²) in [5.41, 5.74) is 2.40. The summed E-state index contributed by atoms with van der Waals surface area (Å²) in [4.78, 5) is 14.7. The minimum absolute atomic E-state index is 0.172. The van der Waals surface area contributed by atoms with E-state index in [-0.39, 0.29) is 12.1 Å². The van der Waals surface area contributed by atoms with Gasteiger partial charge in [0, 0.05) is 30.2 Å². The van der Waals surface area contributed by atoms with Crippen molar-refractivity contribution in [2.24, 2.45) is 23.7 Å². The molecular formula is C26H37NO3. The maximum absolute atomic E-state index is 12.2. The zero-order chi connectivity index (χ0) is 21.3. The fourth-order valence-electron chi connectivity index (χ4n) is 5.45. The van der Waals surface area contributed by atoms with E-state index in [1.54, 1.807) is 6.08 Å². The monoisotopic (exact) mass is 411 g/mol. The van der Waals surface area contributed by atoms with Crippen LogP contribution in [0, 0.1) is 23.7 Å². The summed E-state index contributed by atoms with van der Waals surface area (Å²) in [6, 6.07) is 11.0. The molecule has 2 heterocycles. The van der Waals surface area contributed by atoms with Gasteiger partial charge in [-0.3, -0.25) is 4.90 Å². The lowest BCUT2D eigenvalue weighted by atomic mass is 9.76. The predicted molar refractivity (Wildman–Crippen MR) is 119 cm³/mol. The molecular weight excluding hydrogens is 374 g/mol. The lowest BCUT2D eigenvalue weighted by Crippen LogP contribution is -2.37. The van der Waals surface area contributed by atoms with Crippen molar-refractivity contribution in [2.75, 3.05) is 13.1 Å². The van der Waals surface area contributed by atoms with Crippen LogP contribution >= 0.6 is 0 Å². The van der Waals surface area contributed by atoms with Crippen LogP contribution in [-0.2, 0) is 14.3 Å². The number of likely N-dealkylation sites (tertiary alicyclic amines) is 1. The molecule has 3 unspecified atom stereocenters. The van der Waals surface area contributed by atoms with Crippen molar-refractivity contribution in [3.05, 3.63) is 47.5 Å². The molecule has 1 aromatic rings. The molecule has 2 aliphatic heterocycles. The van der Waals surface area contributed by atoms with Gasteiger partial charge in [-0.2, -0.15) is 0 Å². The van der Waals surface area contributed by atoms with Gasteiger partial charge in [0.15, 0.2) is 0 Å². The van der Waals surface area contributed by atoms with E-state index in [1.807, 2.05) is 0 Å². The number of nitrogens with zero attached hydrogens (tertiary/aromatic N) is 1. The molecule has 0 spiro atoms. The quantitative estimate of drug-likeness (QED) is 0.591. The summed E-state index contributed by atoms with van der Waals surface area (Å²) < 4.78 is 12.1. The number of rotatable bonds is 6. The Kier molecular flexibility index (Phi) is 6.64. The standard InChI is InChI=1S/C26H37NO3/c1-17(2)21-11-10-18(3)24(14-21)29-26-23(15-25(28)30-26)22-12-13-27(16-22)19(4)20-8-6-5-7-9-20/h5-9,15,17-19,21-22,24,26H,10-14,16H2,1-4H3/t18?,19-,21?,22+,24?,26+/m1/s1. The van der Waals surface area contributed by atoms with Crippen LogP contribution in [0.1, 0.15) is 65.0 Å². The van der Waals surface area contributed by atoms with E-state index >= 15 is 0 Å². The molecule has 30 heavy (non-hydrogen) atoms. The molecule has 6 atom stereocenters. The van der Waals surface area contributed by atoms with Crippen LogP contribution in [-0.4, -0.2) is 36.4 Å². The molecule has 4 nitrogen and oxygen atoms in total. The van der Waals surface area contributed by atoms with Crippen molar-refractivity contribution in [3.8, 4) is 0 Å². The Morgan fingerprint density at radius 3 is 2.60 bits per heavy atom. The van der Waals surface area contributed by atoms with Crippen molar-refractivity contribution in [1.29, 1.82) is 0 Å². The molecule has 4 heteroatoms. The predicted octanol–water partition coefficient (Wildman–Crippen LogP) is 5.36. The molecule has 3 aliphatic rings. The highest BCUT2D eigenvalue weighted by Crippen LogP contribution is 2.39. The van der Waals surface area contributed by atoms with E-state index in [1.165, 1.54) is 18.4 Å². The third-order valence-electron chi connectivity index (χ3n) is 7.70. The highest BCUT2D eigenvalue weighted by Gasteiger charge is 2.40. The number of hydrogen-bond donors (Lipinski definition) is 0. The Hall–Kier alpha value is -1.65. The largest absolute Gasteiger partial charge is 0.428 e. The van der Waals surface area contributed by atoms with Gasteiger partial charge in [-0.15, -0.1) is 0 Å². The van der Waals surface area contributed by atoms with E-state index in [4.69, 9.17) is 9.47 Å². The van der Waals surface area contributed by atoms with Crippen molar-refractivity contribution >= 4 is 5.97 Å². The first-order valence-corrected chi connectivity index (χ1v) is 11.8. The fraction of sp³-hybridized carbons (Fsp3) is 0.654. The van der Waals surface area contributed by atoms with Crippen LogP contribution in [0.25, 0.3) is 0 Å². The van der Waals surface area contributed by atoms with Gasteiger partial charge in [0.05, 0.1) is 6.10 Å². The summed E-state index contributed by atoms with van der Waals surface area (Å²) >= 11 is 0. The number of ether oxygens (including phenoxy) is 2. The van der Waals surface area contributed by atoms with Crippen molar-refractivity contribution in [2.45, 2.75) is 71.8 Å². The van der Waals surface area contributed by atoms with Crippen molar-refractivity contribution in [1.82, 2.24) is 4.90 Å². The van der Waals surface area contributed by atoms with Gasteiger partial charge in [-0.05, 0) is 62.5 Å². The van der Waals surface area contributed by atoms with E-state index < -0.39 is 6.29 Å². The molecule has 0 amide bonds. The molecule has 1 saturated carbocycles. The van der Waals surface area contributed by atoms with Gasteiger partial charge in [0.25, 0.3) is 0 Å². The molecule has 1 aliphatic carbocycles. The molecule has 0 bridgehead atoms. The van der Waals surface area contributed by atoms with E-state index in [2.05, 4.69) is 62.9 Å². The number of carbonyl (C=O) groups is 1. The maximum Gasteiger partial charge on any atom is 0.333 e. The second-order valence-corrected chi connectivity index (χ2v) is 9.95. The molecule has 0 N–H and O–H groups in total. The third kappa shape index (κ3) is 4.65. The van der Waals surface area contributed by atoms with Crippen molar-refractivity contribution < 1.29 is 14.3 Å². The number of cyclic esters (lactones) is 1. The molecule has 4 rings (SSSR count). The van der Waals surface area contributed by atoms with E-state index in [9.17, 15) is 4.79 Å². The lowest BCUT2D eigenvalue weighted by molar-refractivity contribution is -0.180. The van der Waals surface area contributed by atoms with Crippen LogP contribution in [0.15, 0.2) is 42.0 Å². The Balaban J connectivity index is 1.41. The van der Waals surface area contributed by atoms with Gasteiger partial charge in [-0.1, -0.05) is 51.1 Å². The second kappa shape index (κ2) is 9.23. The van der Waals surface area contributed by atoms with Crippen LogP contribution in [0.3, 0.4) is 0 Å². The molecule has 1 aromatic carbocycles. The molecule has 0 aromatic heterocycles. The summed E-state index contributed by atoms with van der Waals surface area (Å²) in [6.45, 7) is 11.1. The van der Waals surface area contributed by atoms with Gasteiger partial charge >= 0.3 is 5.97 Å². The topological polar surface area (TPSA) is 38.8 Å². The summed E-state index contributed by atoms with van der Waals surface area (Å²) in [5.74, 6) is 1.97. The average molecular weight is 412 g/mol. The average Bonchev–Trinajstić information content (AvgIpc) is 3.36. The highest BCUT2D eigenvalue weighted by atomic mass is 16.7. The fourth-order valence-corrected chi connectivity index (χ4v) is 5.45. The normalized spacial score (nSPS) is 33.6. The minimum atomic E-state index is -0.493. The Labute approximate surface area is 181 Å². The second-order valence-electron chi connectivity index (χ2n) is 9.95. The zero-order valence-electron chi connectivity index (χ0n) is 18.9. The Morgan fingerprint density at radius 2 is 1.87 bits per heavy atom. The van der Waals surface area contributed by atoms with E-state index in [0.717, 1.165) is 31.5 Å². The first-order valence-electron chi connectivity index (χ1n) is 11.8. The minimum Gasteiger partial charge on any atom is -0.428 e. The zero-order valence-corrected chi connectivity index (χ0v) is 18.9. The van der Waals surface area contributed by atoms with Gasteiger partial charge in [0.1, 0.15) is 0 Å². The van der Waals surface area contributed by atoms with Gasteiger partial charge in [0.2, 0.25) is 6.29 Å². The molecule has 164 valence electrons. The van der Waals surface area contributed by atoms with Gasteiger partial charge in [-0.25, -0.2) is 4.79 Å². The van der Waals surface area contributed by atoms with Crippen LogP contribution < -0.4 is 0 Å². The number of benzene rings is 1. The Morgan fingerprint density at radius 1 is 1.10 bits per heavy atom. The third-order valence-corrected chi connectivity index (χ3v) is 7.70. The van der Waals surface area contributed by atoms with Crippen LogP contribution in [0.5, 0.6) is 0 Å². The van der Waals surface area contributed by atoms with E-state index in [0.29, 0.717) is 29.7 Å². The van der Waals surface area contributed by atoms with Crippen LogP contribution in [0.4, 0.5) is 0 Å². The molecule has 0 radical (unpaired) electrons. The highest BCUT2D eigenvalue weighted by molar-refractivity contribution is 5.85. The number of carbonyl (C=O) groups excluding carboxylic acids is 1. The first kappa shape index (κ1) is 21.6. The SMILES string of the molecule is CC(C)C1CCC(C)C(O[C@H]2OC(=O)C=C2[C@H]2CCN([C@H](C)c3ccccc3)C2)C1. The molecule has 1 saturated heterocycles. The summed E-state index contributed by atoms with van der Waals surface area (Å²) in [7, 11) is 0. The number of hydrogen-bond acceptors (Lipinski definition) is 4. The molecule has 2 fully saturated rings. The van der Waals surface area contributed by atoms with Gasteiger partial charge < -0.3 is 9.47 Å². The van der Waals surface area contributed by atoms with Crippen molar-refractivity contribution in [3.63, 3.8) is 0 Å².